The molecule has 29 heavy (non-hydrogen) atoms. The van der Waals surface area contributed by atoms with Gasteiger partial charge in [-0.15, -0.1) is 0 Å². The number of para-hydroxylation sites is 2. The minimum Gasteiger partial charge on any atom is -0.357 e. The molecule has 156 valence electrons. The van der Waals surface area contributed by atoms with E-state index >= 15 is 0 Å². The second kappa shape index (κ2) is 7.48. The van der Waals surface area contributed by atoms with E-state index in [1.807, 2.05) is 29.2 Å². The van der Waals surface area contributed by atoms with Gasteiger partial charge in [0.2, 0.25) is 5.91 Å². The number of hydrogen-bond acceptors (Lipinski definition) is 5. The van der Waals surface area contributed by atoms with E-state index < -0.39 is 0 Å². The van der Waals surface area contributed by atoms with Crippen molar-refractivity contribution in [2.45, 2.75) is 39.7 Å². The Kier molecular flexibility index (Phi) is 5.15. The number of benzene rings is 1. The van der Waals surface area contributed by atoms with E-state index in [1.54, 1.807) is 0 Å². The lowest BCUT2D eigenvalue weighted by Gasteiger charge is -2.38. The van der Waals surface area contributed by atoms with E-state index in [0.29, 0.717) is 6.42 Å². The summed E-state index contributed by atoms with van der Waals surface area (Å²) in [6.07, 6.45) is 1.39. The van der Waals surface area contributed by atoms with Gasteiger partial charge in [-0.25, -0.2) is 0 Å². The maximum Gasteiger partial charge on any atom is 0.242 e. The number of nitrogens with one attached hydrogen (secondary N) is 1. The molecule has 1 unspecified atom stereocenters. The van der Waals surface area contributed by atoms with E-state index in [2.05, 4.69) is 42.9 Å². The highest BCUT2D eigenvalue weighted by Gasteiger charge is 2.39. The van der Waals surface area contributed by atoms with Gasteiger partial charge in [-0.2, -0.15) is 0 Å². The quantitative estimate of drug-likeness (QED) is 0.833. The van der Waals surface area contributed by atoms with Crippen LogP contribution in [-0.2, 0) is 9.59 Å². The summed E-state index contributed by atoms with van der Waals surface area (Å²) < 4.78 is 0. The normalized spacial score (nSPS) is 24.6. The molecule has 3 aliphatic rings. The number of anilines is 2. The number of amides is 1. The van der Waals surface area contributed by atoms with Gasteiger partial charge in [0.25, 0.3) is 0 Å². The fourth-order valence-corrected chi connectivity index (χ4v) is 4.81. The van der Waals surface area contributed by atoms with Gasteiger partial charge in [0.15, 0.2) is 5.78 Å². The number of piperazine rings is 1. The van der Waals surface area contributed by atoms with E-state index in [9.17, 15) is 9.59 Å². The molecule has 0 bridgehead atoms. The first kappa shape index (κ1) is 20.0. The summed E-state index contributed by atoms with van der Waals surface area (Å²) in [5.41, 5.74) is 3.76. The number of rotatable bonds is 2. The van der Waals surface area contributed by atoms with Gasteiger partial charge in [0, 0.05) is 43.9 Å². The van der Waals surface area contributed by atoms with Gasteiger partial charge in [-0.05, 0) is 37.9 Å². The number of carbonyl (C=O) groups is 2. The number of hydrogen-bond donors (Lipinski definition) is 1. The molecule has 2 heterocycles. The maximum absolute atomic E-state index is 13.1. The Bertz CT molecular complexity index is 852. The second-order valence-corrected chi connectivity index (χ2v) is 9.46. The molecule has 1 saturated heterocycles. The van der Waals surface area contributed by atoms with Crippen LogP contribution >= 0.6 is 0 Å². The molecule has 4 rings (SSSR count). The third-order valence-corrected chi connectivity index (χ3v) is 6.47. The highest BCUT2D eigenvalue weighted by Crippen LogP contribution is 2.43. The van der Waals surface area contributed by atoms with Crippen molar-refractivity contribution in [3.63, 3.8) is 0 Å². The Morgan fingerprint density at radius 2 is 1.83 bits per heavy atom. The highest BCUT2D eigenvalue weighted by atomic mass is 16.2. The molecule has 0 saturated carbocycles. The molecule has 2 aliphatic heterocycles. The van der Waals surface area contributed by atoms with E-state index in [4.69, 9.17) is 0 Å². The summed E-state index contributed by atoms with van der Waals surface area (Å²) >= 11 is 0. The first-order valence-corrected chi connectivity index (χ1v) is 10.6. The fourth-order valence-electron chi connectivity index (χ4n) is 4.81. The molecule has 6 nitrogen and oxygen atoms in total. The van der Waals surface area contributed by atoms with E-state index in [-0.39, 0.29) is 29.7 Å². The number of Topliss-reactive ketones (excluding diaryl/α,β-unsaturated/α-hetero) is 1. The lowest BCUT2D eigenvalue weighted by Crippen LogP contribution is -2.51. The predicted molar refractivity (Wildman–Crippen MR) is 116 cm³/mol. The highest BCUT2D eigenvalue weighted by molar-refractivity contribution is 6.01. The van der Waals surface area contributed by atoms with Crippen molar-refractivity contribution in [2.75, 3.05) is 50.0 Å². The Balaban J connectivity index is 1.67. The smallest absolute Gasteiger partial charge is 0.242 e. The minimum atomic E-state index is -0.138. The van der Waals surface area contributed by atoms with Crippen LogP contribution in [0.3, 0.4) is 0 Å². The molecule has 6 heteroatoms. The molecular weight excluding hydrogens is 364 g/mol. The van der Waals surface area contributed by atoms with Crippen molar-refractivity contribution >= 4 is 23.1 Å². The average molecular weight is 397 g/mol. The number of ketones is 1. The van der Waals surface area contributed by atoms with Crippen molar-refractivity contribution in [1.82, 2.24) is 9.80 Å². The molecule has 1 N–H and O–H groups in total. The van der Waals surface area contributed by atoms with Crippen LogP contribution in [0.4, 0.5) is 11.4 Å². The number of carbonyl (C=O) groups excluding carboxylic acids is 2. The third kappa shape index (κ3) is 3.90. The SMILES string of the molecule is CC1C2=C(CC(C)(C)CC2=O)Nc2ccccc2N1CC(=O)N1CCN(C)CC1. The first-order chi connectivity index (χ1) is 13.7. The van der Waals surface area contributed by atoms with Crippen LogP contribution in [0.25, 0.3) is 0 Å². The molecule has 0 radical (unpaired) electrons. The zero-order valence-electron chi connectivity index (χ0n) is 18.0. The molecule has 1 aromatic carbocycles. The van der Waals surface area contributed by atoms with Crippen molar-refractivity contribution < 1.29 is 9.59 Å². The van der Waals surface area contributed by atoms with Gasteiger partial charge >= 0.3 is 0 Å². The largest absolute Gasteiger partial charge is 0.357 e. The zero-order chi connectivity index (χ0) is 20.8. The van der Waals surface area contributed by atoms with Crippen LogP contribution in [0.15, 0.2) is 35.5 Å². The molecule has 1 aromatic rings. The van der Waals surface area contributed by atoms with Gasteiger partial charge in [-0.3, -0.25) is 9.59 Å². The Morgan fingerprint density at radius 3 is 2.55 bits per heavy atom. The number of fused-ring (bicyclic) bond motifs is 1. The Morgan fingerprint density at radius 1 is 1.14 bits per heavy atom. The second-order valence-electron chi connectivity index (χ2n) is 9.46. The first-order valence-electron chi connectivity index (χ1n) is 10.6. The van der Waals surface area contributed by atoms with Crippen molar-refractivity contribution in [2.24, 2.45) is 5.41 Å². The van der Waals surface area contributed by atoms with Gasteiger partial charge in [0.05, 0.1) is 24.0 Å². The van der Waals surface area contributed by atoms with Gasteiger partial charge in [0.1, 0.15) is 0 Å². The van der Waals surface area contributed by atoms with Crippen LogP contribution in [0.1, 0.15) is 33.6 Å². The molecule has 0 aromatic heterocycles. The van der Waals surface area contributed by atoms with Crippen LogP contribution in [-0.4, -0.2) is 67.3 Å². The Hall–Kier alpha value is -2.34. The summed E-state index contributed by atoms with van der Waals surface area (Å²) in [6.45, 7) is 9.98. The molecule has 1 amide bonds. The molecule has 1 atom stereocenters. The summed E-state index contributed by atoms with van der Waals surface area (Å²) in [5, 5.41) is 3.55. The van der Waals surface area contributed by atoms with Crippen molar-refractivity contribution in [1.29, 1.82) is 0 Å². The van der Waals surface area contributed by atoms with Crippen molar-refractivity contribution in [3.8, 4) is 0 Å². The zero-order valence-corrected chi connectivity index (χ0v) is 18.0. The van der Waals surface area contributed by atoms with E-state index in [1.165, 1.54) is 0 Å². The Labute approximate surface area is 173 Å². The third-order valence-electron chi connectivity index (χ3n) is 6.47. The lowest BCUT2D eigenvalue weighted by atomic mass is 9.74. The molecule has 1 fully saturated rings. The van der Waals surface area contributed by atoms with E-state index in [0.717, 1.165) is 55.2 Å². The number of nitrogens with zero attached hydrogens (tertiary/aromatic N) is 3. The minimum absolute atomic E-state index is 0.0532. The van der Waals surface area contributed by atoms with Crippen LogP contribution in [0, 0.1) is 5.41 Å². The topological polar surface area (TPSA) is 55.9 Å². The fraction of sp³-hybridized carbons (Fsp3) is 0.565. The van der Waals surface area contributed by atoms with Crippen molar-refractivity contribution in [3.05, 3.63) is 35.5 Å². The summed E-state index contributed by atoms with van der Waals surface area (Å²) in [6, 6.07) is 7.94. The van der Waals surface area contributed by atoms with Crippen LogP contribution in [0.2, 0.25) is 0 Å². The number of likely N-dealkylation sites (N-methyl/N-ethyl adjacent to an activating group) is 1. The summed E-state index contributed by atoms with van der Waals surface area (Å²) in [7, 11) is 2.09. The molecule has 1 aliphatic carbocycles. The lowest BCUT2D eigenvalue weighted by molar-refractivity contribution is -0.131. The predicted octanol–water partition coefficient (Wildman–Crippen LogP) is 2.72. The number of allylic oxidation sites excluding steroid dienone is 1. The maximum atomic E-state index is 13.1. The monoisotopic (exact) mass is 396 g/mol. The van der Waals surface area contributed by atoms with Gasteiger partial charge in [-0.1, -0.05) is 26.0 Å². The molecular formula is C23H32N4O2. The summed E-state index contributed by atoms with van der Waals surface area (Å²) in [5.74, 6) is 0.327. The summed E-state index contributed by atoms with van der Waals surface area (Å²) in [4.78, 5) is 32.5. The standard InChI is InChI=1S/C23H32N4O2/c1-16-22-18(13-23(2,3)14-20(22)28)24-17-7-5-6-8-19(17)27(16)15-21(29)26-11-9-25(4)10-12-26/h5-8,16,24H,9-15H2,1-4H3. The molecule has 0 spiro atoms. The van der Waals surface area contributed by atoms with Gasteiger partial charge < -0.3 is 20.0 Å². The average Bonchev–Trinajstić information content (AvgIpc) is 2.76. The van der Waals surface area contributed by atoms with Crippen LogP contribution in [0.5, 0.6) is 0 Å². The van der Waals surface area contributed by atoms with Crippen LogP contribution < -0.4 is 10.2 Å².